The van der Waals surface area contributed by atoms with Crippen molar-refractivity contribution in [2.45, 2.75) is 26.0 Å². The van der Waals surface area contributed by atoms with E-state index in [0.717, 1.165) is 38.3 Å². The Labute approximate surface area is 118 Å². The molecule has 3 nitrogen and oxygen atoms in total. The molecule has 1 heterocycles. The maximum Gasteiger partial charge on any atom is 0.263 e. The van der Waals surface area contributed by atoms with E-state index in [2.05, 4.69) is 17.1 Å². The molecule has 1 aliphatic rings. The van der Waals surface area contributed by atoms with Gasteiger partial charge < -0.3 is 10.1 Å². The smallest absolute Gasteiger partial charge is 0.263 e. The van der Waals surface area contributed by atoms with Gasteiger partial charge in [0.15, 0.2) is 0 Å². The van der Waals surface area contributed by atoms with Crippen LogP contribution in [0.3, 0.4) is 0 Å². The summed E-state index contributed by atoms with van der Waals surface area (Å²) in [6.07, 6.45) is -2.18. The highest BCUT2D eigenvalue weighted by Crippen LogP contribution is 2.18. The molecule has 1 aliphatic heterocycles. The summed E-state index contributed by atoms with van der Waals surface area (Å²) in [5.74, 6) is 0. The second-order valence-electron chi connectivity index (χ2n) is 5.06. The highest BCUT2D eigenvalue weighted by atomic mass is 19.3. The molecular weight excluding hydrogens is 262 g/mol. The molecule has 1 fully saturated rings. The molecule has 5 heteroatoms. The van der Waals surface area contributed by atoms with E-state index in [1.165, 1.54) is 12.1 Å². The number of nitrogens with one attached hydrogen (secondary N) is 1. The fourth-order valence-electron chi connectivity index (χ4n) is 2.35. The first kappa shape index (κ1) is 15.4. The monoisotopic (exact) mass is 284 g/mol. The molecule has 0 bridgehead atoms. The van der Waals surface area contributed by atoms with Crippen LogP contribution in [0.2, 0.25) is 0 Å². The Kier molecular flexibility index (Phi) is 5.88. The van der Waals surface area contributed by atoms with Crippen LogP contribution in [0.5, 0.6) is 0 Å². The van der Waals surface area contributed by atoms with Crippen molar-refractivity contribution in [2.24, 2.45) is 0 Å². The van der Waals surface area contributed by atoms with Crippen LogP contribution >= 0.6 is 0 Å². The van der Waals surface area contributed by atoms with E-state index < -0.39 is 6.43 Å². The average Bonchev–Trinajstić information content (AvgIpc) is 2.48. The Morgan fingerprint density at radius 2 is 2.10 bits per heavy atom. The first-order valence-corrected chi connectivity index (χ1v) is 7.10. The molecule has 0 amide bonds. The van der Waals surface area contributed by atoms with Crippen LogP contribution < -0.4 is 5.32 Å². The number of morpholine rings is 1. The molecule has 1 unspecified atom stereocenters. The second kappa shape index (κ2) is 7.67. The summed E-state index contributed by atoms with van der Waals surface area (Å²) in [7, 11) is 0. The average molecular weight is 284 g/mol. The van der Waals surface area contributed by atoms with Gasteiger partial charge in [-0.2, -0.15) is 0 Å². The molecular formula is C15H22F2N2O. The number of hydrogen-bond donors (Lipinski definition) is 1. The van der Waals surface area contributed by atoms with Gasteiger partial charge in [-0.15, -0.1) is 0 Å². The summed E-state index contributed by atoms with van der Waals surface area (Å²) < 4.78 is 30.5. The van der Waals surface area contributed by atoms with Crippen LogP contribution in [0.15, 0.2) is 24.3 Å². The van der Waals surface area contributed by atoms with Crippen molar-refractivity contribution >= 4 is 0 Å². The standard InChI is InChI=1S/C15H22F2N2O/c1-2-19-7-8-20-14(11-19)10-18-9-12-3-5-13(6-4-12)15(16)17/h3-6,14-15,18H,2,7-11H2,1H3. The molecule has 1 N–H and O–H groups in total. The minimum Gasteiger partial charge on any atom is -0.374 e. The molecule has 0 saturated carbocycles. The van der Waals surface area contributed by atoms with Gasteiger partial charge >= 0.3 is 0 Å². The number of ether oxygens (including phenoxy) is 1. The third kappa shape index (κ3) is 4.51. The van der Waals surface area contributed by atoms with E-state index in [-0.39, 0.29) is 11.7 Å². The quantitative estimate of drug-likeness (QED) is 0.868. The Morgan fingerprint density at radius 1 is 1.35 bits per heavy atom. The van der Waals surface area contributed by atoms with Gasteiger partial charge in [0.05, 0.1) is 12.7 Å². The highest BCUT2D eigenvalue weighted by Gasteiger charge is 2.18. The summed E-state index contributed by atoms with van der Waals surface area (Å²) in [5.41, 5.74) is 1.08. The first-order valence-electron chi connectivity index (χ1n) is 7.10. The van der Waals surface area contributed by atoms with Crippen molar-refractivity contribution in [3.05, 3.63) is 35.4 Å². The zero-order chi connectivity index (χ0) is 14.4. The Balaban J connectivity index is 1.72. The van der Waals surface area contributed by atoms with Crippen LogP contribution in [-0.4, -0.2) is 43.8 Å². The molecule has 20 heavy (non-hydrogen) atoms. The number of rotatable bonds is 6. The van der Waals surface area contributed by atoms with Crippen molar-refractivity contribution in [3.63, 3.8) is 0 Å². The van der Waals surface area contributed by atoms with Crippen LogP contribution in [0.1, 0.15) is 24.5 Å². The number of benzene rings is 1. The largest absolute Gasteiger partial charge is 0.374 e. The third-order valence-electron chi connectivity index (χ3n) is 3.60. The summed E-state index contributed by atoms with van der Waals surface area (Å²) in [6, 6.07) is 6.46. The Bertz CT molecular complexity index is 397. The zero-order valence-corrected chi connectivity index (χ0v) is 11.8. The maximum absolute atomic E-state index is 12.4. The van der Waals surface area contributed by atoms with Gasteiger partial charge in [0, 0.05) is 31.7 Å². The normalized spacial score (nSPS) is 20.5. The van der Waals surface area contributed by atoms with Gasteiger partial charge in [0.25, 0.3) is 6.43 Å². The SMILES string of the molecule is CCN1CCOC(CNCc2ccc(C(F)F)cc2)C1. The lowest BCUT2D eigenvalue weighted by Gasteiger charge is -2.32. The minimum absolute atomic E-state index is 0.0722. The van der Waals surface area contributed by atoms with Crippen molar-refractivity contribution in [2.75, 3.05) is 32.8 Å². The molecule has 1 aromatic carbocycles. The van der Waals surface area contributed by atoms with Crippen LogP contribution in [-0.2, 0) is 11.3 Å². The molecule has 0 radical (unpaired) electrons. The lowest BCUT2D eigenvalue weighted by molar-refractivity contribution is -0.0253. The van der Waals surface area contributed by atoms with Gasteiger partial charge in [-0.3, -0.25) is 4.90 Å². The van der Waals surface area contributed by atoms with E-state index in [1.54, 1.807) is 12.1 Å². The highest BCUT2D eigenvalue weighted by molar-refractivity contribution is 5.23. The van der Waals surface area contributed by atoms with Crippen molar-refractivity contribution < 1.29 is 13.5 Å². The molecule has 112 valence electrons. The molecule has 1 atom stereocenters. The predicted octanol–water partition coefficient (Wildman–Crippen LogP) is 2.43. The number of likely N-dealkylation sites (N-methyl/N-ethyl adjacent to an activating group) is 1. The predicted molar refractivity (Wildman–Crippen MR) is 75.0 cm³/mol. The van der Waals surface area contributed by atoms with Crippen LogP contribution in [0.25, 0.3) is 0 Å². The van der Waals surface area contributed by atoms with Crippen molar-refractivity contribution in [3.8, 4) is 0 Å². The first-order chi connectivity index (χ1) is 9.69. The lowest BCUT2D eigenvalue weighted by Crippen LogP contribution is -2.46. The topological polar surface area (TPSA) is 24.5 Å². The fraction of sp³-hybridized carbons (Fsp3) is 0.600. The number of alkyl halides is 2. The van der Waals surface area contributed by atoms with Gasteiger partial charge in [-0.05, 0) is 12.1 Å². The Morgan fingerprint density at radius 3 is 2.75 bits per heavy atom. The molecule has 1 saturated heterocycles. The molecule has 1 aromatic rings. The fourth-order valence-corrected chi connectivity index (χ4v) is 2.35. The lowest BCUT2D eigenvalue weighted by atomic mass is 10.1. The van der Waals surface area contributed by atoms with Gasteiger partial charge in [0.2, 0.25) is 0 Å². The summed E-state index contributed by atoms with van der Waals surface area (Å²) >= 11 is 0. The van der Waals surface area contributed by atoms with E-state index in [9.17, 15) is 8.78 Å². The maximum atomic E-state index is 12.4. The third-order valence-corrected chi connectivity index (χ3v) is 3.60. The van der Waals surface area contributed by atoms with Crippen molar-refractivity contribution in [1.29, 1.82) is 0 Å². The minimum atomic E-state index is -2.40. The van der Waals surface area contributed by atoms with Gasteiger partial charge in [-0.25, -0.2) is 8.78 Å². The zero-order valence-electron chi connectivity index (χ0n) is 11.8. The number of halogens is 2. The number of nitrogens with zero attached hydrogens (tertiary/aromatic N) is 1. The van der Waals surface area contributed by atoms with Gasteiger partial charge in [0.1, 0.15) is 0 Å². The van der Waals surface area contributed by atoms with Crippen molar-refractivity contribution in [1.82, 2.24) is 10.2 Å². The van der Waals surface area contributed by atoms with E-state index in [1.807, 2.05) is 0 Å². The summed E-state index contributed by atoms with van der Waals surface area (Å²) in [4.78, 5) is 2.37. The number of hydrogen-bond acceptors (Lipinski definition) is 3. The Hall–Kier alpha value is -1.04. The van der Waals surface area contributed by atoms with E-state index in [0.29, 0.717) is 6.54 Å². The molecule has 0 spiro atoms. The molecule has 2 rings (SSSR count). The molecule has 0 aromatic heterocycles. The molecule has 0 aliphatic carbocycles. The van der Waals surface area contributed by atoms with E-state index >= 15 is 0 Å². The summed E-state index contributed by atoms with van der Waals surface area (Å²) in [6.45, 7) is 7.40. The van der Waals surface area contributed by atoms with Crippen LogP contribution in [0.4, 0.5) is 8.78 Å². The second-order valence-corrected chi connectivity index (χ2v) is 5.06. The van der Waals surface area contributed by atoms with Crippen LogP contribution in [0, 0.1) is 0 Å². The van der Waals surface area contributed by atoms with Gasteiger partial charge in [-0.1, -0.05) is 31.2 Å². The van der Waals surface area contributed by atoms with E-state index in [4.69, 9.17) is 4.74 Å². The summed E-state index contributed by atoms with van der Waals surface area (Å²) in [5, 5.41) is 3.33.